The van der Waals surface area contributed by atoms with Crippen LogP contribution in [0.15, 0.2) is 48.5 Å². The van der Waals surface area contributed by atoms with Crippen molar-refractivity contribution in [3.63, 3.8) is 0 Å². The third kappa shape index (κ3) is 3.41. The average molecular weight is 379 g/mol. The number of rotatable bonds is 3. The summed E-state index contributed by atoms with van der Waals surface area (Å²) in [6, 6.07) is 14.6. The van der Waals surface area contributed by atoms with E-state index in [1.165, 1.54) is 11.3 Å². The lowest BCUT2D eigenvalue weighted by atomic mass is 10.1. The predicted molar refractivity (Wildman–Crippen MR) is 105 cm³/mol. The van der Waals surface area contributed by atoms with Gasteiger partial charge >= 0.3 is 0 Å². The molecule has 1 aliphatic heterocycles. The van der Waals surface area contributed by atoms with Crippen molar-refractivity contribution in [2.24, 2.45) is 0 Å². The second kappa shape index (κ2) is 6.85. The SMILES string of the molecule is Cc1sc(NC(=O)c2ccccc2)nc1-c1ccc2c(c1)NC(=O)[C@@H](C)O2. The first-order valence-corrected chi connectivity index (χ1v) is 9.28. The molecule has 1 aliphatic rings. The van der Waals surface area contributed by atoms with Crippen LogP contribution in [0.3, 0.4) is 0 Å². The molecule has 7 heteroatoms. The molecule has 2 aromatic carbocycles. The van der Waals surface area contributed by atoms with Crippen LogP contribution in [0.1, 0.15) is 22.2 Å². The number of fused-ring (bicyclic) bond motifs is 1. The van der Waals surface area contributed by atoms with Gasteiger partial charge in [-0.25, -0.2) is 4.98 Å². The number of hydrogen-bond acceptors (Lipinski definition) is 5. The lowest BCUT2D eigenvalue weighted by Crippen LogP contribution is -2.34. The molecule has 0 unspecified atom stereocenters. The fourth-order valence-corrected chi connectivity index (χ4v) is 3.66. The molecule has 3 aromatic rings. The van der Waals surface area contributed by atoms with E-state index in [9.17, 15) is 9.59 Å². The number of carbonyl (C=O) groups is 2. The van der Waals surface area contributed by atoms with Gasteiger partial charge in [-0.1, -0.05) is 18.2 Å². The normalized spacial score (nSPS) is 15.5. The Morgan fingerprint density at radius 3 is 2.78 bits per heavy atom. The molecule has 0 bridgehead atoms. The Hall–Kier alpha value is -3.19. The van der Waals surface area contributed by atoms with E-state index in [4.69, 9.17) is 4.74 Å². The predicted octanol–water partition coefficient (Wildman–Crippen LogP) is 4.09. The third-order valence-electron chi connectivity index (χ3n) is 4.24. The maximum atomic E-state index is 12.3. The largest absolute Gasteiger partial charge is 0.479 e. The average Bonchev–Trinajstić information content (AvgIpc) is 3.03. The number of thiazole rings is 1. The molecule has 1 aromatic heterocycles. The van der Waals surface area contributed by atoms with Gasteiger partial charge in [0.05, 0.1) is 11.4 Å². The summed E-state index contributed by atoms with van der Waals surface area (Å²) in [5.41, 5.74) is 2.81. The van der Waals surface area contributed by atoms with Crippen LogP contribution in [-0.2, 0) is 4.79 Å². The van der Waals surface area contributed by atoms with Gasteiger partial charge in [0.25, 0.3) is 11.8 Å². The van der Waals surface area contributed by atoms with E-state index in [2.05, 4.69) is 15.6 Å². The molecule has 2 N–H and O–H groups in total. The summed E-state index contributed by atoms with van der Waals surface area (Å²) in [4.78, 5) is 29.7. The van der Waals surface area contributed by atoms with Crippen LogP contribution in [0.4, 0.5) is 10.8 Å². The molecular weight excluding hydrogens is 362 g/mol. The fourth-order valence-electron chi connectivity index (χ4n) is 2.83. The number of ether oxygens (including phenoxy) is 1. The van der Waals surface area contributed by atoms with Crippen LogP contribution in [-0.4, -0.2) is 22.9 Å². The highest BCUT2D eigenvalue weighted by atomic mass is 32.1. The Kier molecular flexibility index (Phi) is 4.37. The highest BCUT2D eigenvalue weighted by Gasteiger charge is 2.24. The molecule has 0 saturated carbocycles. The number of anilines is 2. The highest BCUT2D eigenvalue weighted by Crippen LogP contribution is 2.37. The van der Waals surface area contributed by atoms with E-state index in [0.29, 0.717) is 22.1 Å². The molecule has 0 saturated heterocycles. The summed E-state index contributed by atoms with van der Waals surface area (Å²) in [5.74, 6) is 0.262. The van der Waals surface area contributed by atoms with Crippen molar-refractivity contribution in [3.05, 3.63) is 59.0 Å². The van der Waals surface area contributed by atoms with Crippen molar-refractivity contribution in [2.45, 2.75) is 20.0 Å². The number of hydrogen-bond donors (Lipinski definition) is 2. The summed E-state index contributed by atoms with van der Waals surface area (Å²) < 4.78 is 5.59. The van der Waals surface area contributed by atoms with Gasteiger partial charge in [-0.3, -0.25) is 14.9 Å². The number of benzene rings is 2. The zero-order valence-corrected chi connectivity index (χ0v) is 15.6. The molecule has 136 valence electrons. The van der Waals surface area contributed by atoms with E-state index in [-0.39, 0.29) is 11.8 Å². The van der Waals surface area contributed by atoms with E-state index in [0.717, 1.165) is 16.1 Å². The Bertz CT molecular complexity index is 1030. The molecule has 0 radical (unpaired) electrons. The van der Waals surface area contributed by atoms with Gasteiger partial charge in [-0.05, 0) is 44.2 Å². The van der Waals surface area contributed by atoms with Crippen LogP contribution < -0.4 is 15.4 Å². The van der Waals surface area contributed by atoms with Crippen LogP contribution in [0.5, 0.6) is 5.75 Å². The molecular formula is C20H17N3O3S. The van der Waals surface area contributed by atoms with E-state index >= 15 is 0 Å². The zero-order chi connectivity index (χ0) is 19.0. The maximum Gasteiger partial charge on any atom is 0.265 e. The van der Waals surface area contributed by atoms with Gasteiger partial charge in [0.15, 0.2) is 11.2 Å². The second-order valence-corrected chi connectivity index (χ2v) is 7.41. The summed E-state index contributed by atoms with van der Waals surface area (Å²) in [5, 5.41) is 6.21. The minimum Gasteiger partial charge on any atom is -0.479 e. The maximum absolute atomic E-state index is 12.3. The number of amides is 2. The van der Waals surface area contributed by atoms with Gasteiger partial charge in [-0.2, -0.15) is 0 Å². The third-order valence-corrected chi connectivity index (χ3v) is 5.12. The van der Waals surface area contributed by atoms with Gasteiger partial charge < -0.3 is 10.1 Å². The van der Waals surface area contributed by atoms with Gasteiger partial charge in [-0.15, -0.1) is 11.3 Å². The van der Waals surface area contributed by atoms with Crippen molar-refractivity contribution >= 4 is 34.0 Å². The Morgan fingerprint density at radius 2 is 2.00 bits per heavy atom. The molecule has 1 atom stereocenters. The Morgan fingerprint density at radius 1 is 1.22 bits per heavy atom. The lowest BCUT2D eigenvalue weighted by molar-refractivity contribution is -0.122. The molecule has 27 heavy (non-hydrogen) atoms. The quantitative estimate of drug-likeness (QED) is 0.718. The summed E-state index contributed by atoms with van der Waals surface area (Å²) in [6.07, 6.45) is -0.510. The van der Waals surface area contributed by atoms with Crippen molar-refractivity contribution in [1.29, 1.82) is 0 Å². The summed E-state index contributed by atoms with van der Waals surface area (Å²) in [6.45, 7) is 3.65. The first-order valence-electron chi connectivity index (χ1n) is 8.47. The van der Waals surface area contributed by atoms with Gasteiger partial charge in [0.1, 0.15) is 5.75 Å². The monoisotopic (exact) mass is 379 g/mol. The van der Waals surface area contributed by atoms with Crippen LogP contribution in [0, 0.1) is 6.92 Å². The Labute approximate surface area is 160 Å². The first kappa shape index (κ1) is 17.2. The van der Waals surface area contributed by atoms with Crippen LogP contribution in [0.25, 0.3) is 11.3 Å². The number of nitrogens with zero attached hydrogens (tertiary/aromatic N) is 1. The van der Waals surface area contributed by atoms with Gasteiger partial charge in [0.2, 0.25) is 0 Å². The zero-order valence-electron chi connectivity index (χ0n) is 14.8. The molecule has 0 aliphatic carbocycles. The highest BCUT2D eigenvalue weighted by molar-refractivity contribution is 7.16. The first-order chi connectivity index (χ1) is 13.0. The number of aryl methyl sites for hydroxylation is 1. The molecule has 4 rings (SSSR count). The molecule has 0 fully saturated rings. The van der Waals surface area contributed by atoms with Crippen molar-refractivity contribution in [1.82, 2.24) is 4.98 Å². The summed E-state index contributed by atoms with van der Waals surface area (Å²) >= 11 is 1.41. The molecule has 0 spiro atoms. The number of carbonyl (C=O) groups excluding carboxylic acids is 2. The van der Waals surface area contributed by atoms with Crippen LogP contribution in [0.2, 0.25) is 0 Å². The molecule has 2 heterocycles. The van der Waals surface area contributed by atoms with Crippen molar-refractivity contribution < 1.29 is 14.3 Å². The van der Waals surface area contributed by atoms with Crippen LogP contribution >= 0.6 is 11.3 Å². The minimum atomic E-state index is -0.510. The number of nitrogens with one attached hydrogen (secondary N) is 2. The van der Waals surface area contributed by atoms with E-state index in [1.807, 2.05) is 43.3 Å². The van der Waals surface area contributed by atoms with Crippen molar-refractivity contribution in [3.8, 4) is 17.0 Å². The number of aromatic nitrogens is 1. The minimum absolute atomic E-state index is 0.175. The van der Waals surface area contributed by atoms with Crippen molar-refractivity contribution in [2.75, 3.05) is 10.6 Å². The Balaban J connectivity index is 1.60. The topological polar surface area (TPSA) is 80.3 Å². The summed E-state index contributed by atoms with van der Waals surface area (Å²) in [7, 11) is 0. The van der Waals surface area contributed by atoms with Gasteiger partial charge in [0, 0.05) is 16.0 Å². The molecule has 6 nitrogen and oxygen atoms in total. The standard InChI is InChI=1S/C20H17N3O3S/c1-11-18(24)21-15-10-14(8-9-16(15)26-11)17-12(2)27-20(22-17)23-19(25)13-6-4-3-5-7-13/h3-11H,1-2H3,(H,21,24)(H,22,23,25)/t11-/m1/s1. The second-order valence-electron chi connectivity index (χ2n) is 6.20. The smallest absolute Gasteiger partial charge is 0.265 e. The fraction of sp³-hybridized carbons (Fsp3) is 0.150. The lowest BCUT2D eigenvalue weighted by Gasteiger charge is -2.23. The molecule has 2 amide bonds. The van der Waals surface area contributed by atoms with E-state index in [1.54, 1.807) is 19.1 Å². The van der Waals surface area contributed by atoms with E-state index < -0.39 is 6.10 Å².